The molecule has 0 amide bonds. The first-order valence-corrected chi connectivity index (χ1v) is 6.51. The minimum atomic E-state index is -0.361. The van der Waals surface area contributed by atoms with Crippen LogP contribution in [0.3, 0.4) is 0 Å². The number of hydrogen-bond donors (Lipinski definition) is 2. The molecule has 1 aromatic rings. The highest BCUT2D eigenvalue weighted by Gasteiger charge is 2.39. The first kappa shape index (κ1) is 11.8. The second kappa shape index (κ2) is 4.44. The first-order valence-electron chi connectivity index (χ1n) is 6.51. The molecule has 0 spiro atoms. The Morgan fingerprint density at radius 1 is 1.22 bits per heavy atom. The molecule has 18 heavy (non-hydrogen) atoms. The summed E-state index contributed by atoms with van der Waals surface area (Å²) in [4.78, 5) is 0. The van der Waals surface area contributed by atoms with E-state index in [9.17, 15) is 5.11 Å². The molecule has 4 heteroatoms. The van der Waals surface area contributed by atoms with Crippen molar-refractivity contribution in [2.24, 2.45) is 0 Å². The van der Waals surface area contributed by atoms with Gasteiger partial charge in [0.1, 0.15) is 0 Å². The van der Waals surface area contributed by atoms with Crippen LogP contribution >= 0.6 is 0 Å². The number of piperidine rings is 1. The van der Waals surface area contributed by atoms with Crippen molar-refractivity contribution in [1.82, 2.24) is 5.32 Å². The number of aliphatic hydroxyl groups excluding tert-OH is 1. The zero-order chi connectivity index (χ0) is 12.6. The monoisotopic (exact) mass is 249 g/mol. The summed E-state index contributed by atoms with van der Waals surface area (Å²) in [6, 6.07) is 6.04. The number of hydrogen-bond acceptors (Lipinski definition) is 4. The Morgan fingerprint density at radius 2 is 1.94 bits per heavy atom. The van der Waals surface area contributed by atoms with Gasteiger partial charge in [0, 0.05) is 5.41 Å². The van der Waals surface area contributed by atoms with E-state index in [-0.39, 0.29) is 11.5 Å². The van der Waals surface area contributed by atoms with Gasteiger partial charge in [0.15, 0.2) is 11.5 Å². The zero-order valence-corrected chi connectivity index (χ0v) is 10.6. The Hall–Kier alpha value is -1.26. The van der Waals surface area contributed by atoms with Gasteiger partial charge in [0.2, 0.25) is 6.79 Å². The fraction of sp³-hybridized carbons (Fsp3) is 0.571. The molecule has 2 heterocycles. The molecule has 3 rings (SSSR count). The summed E-state index contributed by atoms with van der Waals surface area (Å²) in [5.74, 6) is 1.60. The lowest BCUT2D eigenvalue weighted by Gasteiger charge is -2.40. The quantitative estimate of drug-likeness (QED) is 0.832. The Kier molecular flexibility index (Phi) is 2.92. The largest absolute Gasteiger partial charge is 0.454 e. The van der Waals surface area contributed by atoms with Gasteiger partial charge in [-0.3, -0.25) is 0 Å². The molecule has 1 fully saturated rings. The molecule has 0 radical (unpaired) electrons. The standard InChI is InChI=1S/C14H19NO3/c1-10(16)14(4-6-15-7-5-14)11-2-3-12-13(8-11)18-9-17-12/h2-3,8,10,15-16H,4-7,9H2,1H3. The highest BCUT2D eigenvalue weighted by molar-refractivity contribution is 5.47. The van der Waals surface area contributed by atoms with E-state index >= 15 is 0 Å². The van der Waals surface area contributed by atoms with Gasteiger partial charge in [-0.05, 0) is 50.6 Å². The lowest BCUT2D eigenvalue weighted by atomic mass is 9.69. The Labute approximate surface area is 107 Å². The Balaban J connectivity index is 1.99. The van der Waals surface area contributed by atoms with Gasteiger partial charge in [-0.25, -0.2) is 0 Å². The zero-order valence-electron chi connectivity index (χ0n) is 10.6. The molecule has 1 aromatic carbocycles. The van der Waals surface area contributed by atoms with Crippen molar-refractivity contribution in [3.8, 4) is 11.5 Å². The summed E-state index contributed by atoms with van der Waals surface area (Å²) >= 11 is 0. The first-order chi connectivity index (χ1) is 8.72. The molecule has 0 aromatic heterocycles. The third-order valence-corrected chi connectivity index (χ3v) is 4.24. The summed E-state index contributed by atoms with van der Waals surface area (Å²) in [5.41, 5.74) is 0.995. The van der Waals surface area contributed by atoms with E-state index in [0.717, 1.165) is 43.0 Å². The highest BCUT2D eigenvalue weighted by atomic mass is 16.7. The van der Waals surface area contributed by atoms with Gasteiger partial charge in [-0.2, -0.15) is 0 Å². The maximum absolute atomic E-state index is 10.2. The topological polar surface area (TPSA) is 50.7 Å². The van der Waals surface area contributed by atoms with E-state index in [4.69, 9.17) is 9.47 Å². The van der Waals surface area contributed by atoms with Crippen molar-refractivity contribution in [3.05, 3.63) is 23.8 Å². The number of benzene rings is 1. The summed E-state index contributed by atoms with van der Waals surface area (Å²) in [5, 5.41) is 13.6. The predicted molar refractivity (Wildman–Crippen MR) is 68.0 cm³/mol. The molecule has 2 aliphatic heterocycles. The molecule has 0 saturated carbocycles. The molecular formula is C14H19NO3. The van der Waals surface area contributed by atoms with Crippen molar-refractivity contribution in [1.29, 1.82) is 0 Å². The number of nitrogens with one attached hydrogen (secondary N) is 1. The summed E-state index contributed by atoms with van der Waals surface area (Å²) in [6.45, 7) is 4.07. The van der Waals surface area contributed by atoms with Gasteiger partial charge in [0.05, 0.1) is 6.10 Å². The smallest absolute Gasteiger partial charge is 0.231 e. The number of rotatable bonds is 2. The molecule has 2 aliphatic rings. The van der Waals surface area contributed by atoms with Crippen LogP contribution in [0.15, 0.2) is 18.2 Å². The van der Waals surface area contributed by atoms with Crippen LogP contribution < -0.4 is 14.8 Å². The number of aliphatic hydroxyl groups is 1. The molecule has 1 unspecified atom stereocenters. The third kappa shape index (κ3) is 1.76. The lowest BCUT2D eigenvalue weighted by molar-refractivity contribution is 0.0731. The normalized spacial score (nSPS) is 22.8. The van der Waals surface area contributed by atoms with Crippen molar-refractivity contribution < 1.29 is 14.6 Å². The van der Waals surface area contributed by atoms with Crippen LogP contribution in [0.4, 0.5) is 0 Å². The fourth-order valence-corrected chi connectivity index (χ4v) is 3.03. The van der Waals surface area contributed by atoms with E-state index in [1.54, 1.807) is 0 Å². The minimum absolute atomic E-state index is 0.160. The maximum Gasteiger partial charge on any atom is 0.231 e. The summed E-state index contributed by atoms with van der Waals surface area (Å²) in [6.07, 6.45) is 1.54. The van der Waals surface area contributed by atoms with Gasteiger partial charge < -0.3 is 19.9 Å². The lowest BCUT2D eigenvalue weighted by Crippen LogP contribution is -2.46. The van der Waals surface area contributed by atoms with Gasteiger partial charge in [-0.1, -0.05) is 6.07 Å². The minimum Gasteiger partial charge on any atom is -0.454 e. The Bertz CT molecular complexity index is 439. The average molecular weight is 249 g/mol. The van der Waals surface area contributed by atoms with Crippen LogP contribution in [0.1, 0.15) is 25.3 Å². The van der Waals surface area contributed by atoms with Crippen LogP contribution in [0.25, 0.3) is 0 Å². The van der Waals surface area contributed by atoms with E-state index in [2.05, 4.69) is 11.4 Å². The number of ether oxygens (including phenoxy) is 2. The van der Waals surface area contributed by atoms with Gasteiger partial charge >= 0.3 is 0 Å². The van der Waals surface area contributed by atoms with Crippen LogP contribution in [0, 0.1) is 0 Å². The average Bonchev–Trinajstić information content (AvgIpc) is 2.86. The SMILES string of the molecule is CC(O)C1(c2ccc3c(c2)OCO3)CCNCC1. The van der Waals surface area contributed by atoms with Crippen molar-refractivity contribution in [3.63, 3.8) is 0 Å². The summed E-state index contributed by atoms with van der Waals surface area (Å²) in [7, 11) is 0. The van der Waals surface area contributed by atoms with E-state index in [0.29, 0.717) is 6.79 Å². The second-order valence-electron chi connectivity index (χ2n) is 5.15. The van der Waals surface area contributed by atoms with Crippen LogP contribution in [0.2, 0.25) is 0 Å². The second-order valence-corrected chi connectivity index (χ2v) is 5.15. The molecule has 4 nitrogen and oxygen atoms in total. The maximum atomic E-state index is 10.2. The van der Waals surface area contributed by atoms with E-state index < -0.39 is 0 Å². The van der Waals surface area contributed by atoms with Crippen molar-refractivity contribution in [2.45, 2.75) is 31.3 Å². The Morgan fingerprint density at radius 3 is 2.67 bits per heavy atom. The molecule has 98 valence electrons. The summed E-state index contributed by atoms with van der Waals surface area (Å²) < 4.78 is 10.8. The van der Waals surface area contributed by atoms with Crippen LogP contribution in [-0.2, 0) is 5.41 Å². The van der Waals surface area contributed by atoms with E-state index in [1.165, 1.54) is 0 Å². The molecule has 2 N–H and O–H groups in total. The highest BCUT2D eigenvalue weighted by Crippen LogP contribution is 2.41. The van der Waals surface area contributed by atoms with Crippen LogP contribution in [0.5, 0.6) is 11.5 Å². The molecular weight excluding hydrogens is 230 g/mol. The van der Waals surface area contributed by atoms with Gasteiger partial charge in [0.25, 0.3) is 0 Å². The van der Waals surface area contributed by atoms with Gasteiger partial charge in [-0.15, -0.1) is 0 Å². The molecule has 1 atom stereocenters. The number of fused-ring (bicyclic) bond motifs is 1. The molecule has 0 aliphatic carbocycles. The third-order valence-electron chi connectivity index (χ3n) is 4.24. The predicted octanol–water partition coefficient (Wildman–Crippen LogP) is 1.42. The fourth-order valence-electron chi connectivity index (χ4n) is 3.03. The van der Waals surface area contributed by atoms with E-state index in [1.807, 2.05) is 19.1 Å². The van der Waals surface area contributed by atoms with Crippen molar-refractivity contribution in [2.75, 3.05) is 19.9 Å². The molecule has 0 bridgehead atoms. The van der Waals surface area contributed by atoms with Crippen molar-refractivity contribution >= 4 is 0 Å². The van der Waals surface area contributed by atoms with Crippen LogP contribution in [-0.4, -0.2) is 31.1 Å². The molecule has 1 saturated heterocycles.